The molecule has 2 aromatic rings. The van der Waals surface area contributed by atoms with Crippen molar-refractivity contribution < 1.29 is 38.9 Å². The third-order valence-electron chi connectivity index (χ3n) is 9.30. The number of fused-ring (bicyclic) bond motifs is 3. The predicted molar refractivity (Wildman–Crippen MR) is 165 cm³/mol. The second kappa shape index (κ2) is 11.5. The van der Waals surface area contributed by atoms with E-state index in [2.05, 4.69) is 20.0 Å². The van der Waals surface area contributed by atoms with Crippen LogP contribution in [0.4, 0.5) is 5.95 Å². The van der Waals surface area contributed by atoms with Crippen molar-refractivity contribution in [3.8, 4) is 17.2 Å². The lowest BCUT2D eigenvalue weighted by Crippen LogP contribution is -3.10. The summed E-state index contributed by atoms with van der Waals surface area (Å²) in [5, 5.41) is 31.7. The topological polar surface area (TPSA) is 180 Å². The molecule has 240 valence electrons. The van der Waals surface area contributed by atoms with Crippen LogP contribution in [0.3, 0.4) is 0 Å². The average Bonchev–Trinajstić information content (AvgIpc) is 3.85. The second-order valence-corrected chi connectivity index (χ2v) is 12.0. The van der Waals surface area contributed by atoms with Crippen LogP contribution in [0, 0.1) is 11.3 Å². The Bertz CT molecular complexity index is 1780. The maximum Gasteiger partial charge on any atom is 0.374 e. The van der Waals surface area contributed by atoms with Gasteiger partial charge in [0.05, 0.1) is 25.5 Å². The van der Waals surface area contributed by atoms with Gasteiger partial charge in [-0.2, -0.15) is 9.98 Å². The van der Waals surface area contributed by atoms with Crippen molar-refractivity contribution >= 4 is 40.9 Å². The fourth-order valence-electron chi connectivity index (χ4n) is 6.96. The van der Waals surface area contributed by atoms with E-state index in [0.29, 0.717) is 58.0 Å². The molecule has 7 rings (SSSR count). The van der Waals surface area contributed by atoms with Gasteiger partial charge in [0.25, 0.3) is 5.84 Å². The minimum atomic E-state index is -1.02. The number of allylic oxidation sites excluding steroid dienone is 3. The minimum absolute atomic E-state index is 0.0153. The summed E-state index contributed by atoms with van der Waals surface area (Å²) in [7, 11) is 1.58. The fourth-order valence-corrected chi connectivity index (χ4v) is 6.96. The third-order valence-corrected chi connectivity index (χ3v) is 9.30. The van der Waals surface area contributed by atoms with Crippen LogP contribution in [0.15, 0.2) is 51.3 Å². The Hall–Kier alpha value is -4.82. The normalized spacial score (nSPS) is 24.1. The Morgan fingerprint density at radius 1 is 1.30 bits per heavy atom. The Kier molecular flexibility index (Phi) is 7.48. The molecule has 14 nitrogen and oxygen atoms in total. The van der Waals surface area contributed by atoms with Gasteiger partial charge >= 0.3 is 11.9 Å². The molecular weight excluding hydrogens is 594 g/mol. The molecule has 5 heterocycles. The quantitative estimate of drug-likeness (QED) is 0.363. The van der Waals surface area contributed by atoms with Gasteiger partial charge in [-0.1, -0.05) is 18.9 Å². The first-order chi connectivity index (χ1) is 22.2. The molecular formula is C32H35N7O7. The Morgan fingerprint density at radius 3 is 2.87 bits per heavy atom. The van der Waals surface area contributed by atoms with Crippen molar-refractivity contribution in [3.63, 3.8) is 0 Å². The number of esters is 1. The number of imidazole rings is 1. The van der Waals surface area contributed by atoms with Gasteiger partial charge < -0.3 is 29.2 Å². The van der Waals surface area contributed by atoms with Gasteiger partial charge in [0.15, 0.2) is 12.4 Å². The molecule has 0 bridgehead atoms. The van der Waals surface area contributed by atoms with E-state index in [1.54, 1.807) is 38.6 Å². The number of rotatable bonds is 8. The molecule has 1 aromatic heterocycles. The van der Waals surface area contributed by atoms with Crippen molar-refractivity contribution in [2.24, 2.45) is 20.9 Å². The van der Waals surface area contributed by atoms with Gasteiger partial charge in [0.1, 0.15) is 29.0 Å². The zero-order chi connectivity index (χ0) is 32.2. The molecule has 3 N–H and O–H groups in total. The number of nitrogens with zero attached hydrogens (tertiary/aromatic N) is 5. The second-order valence-electron chi connectivity index (χ2n) is 12.0. The predicted octanol–water partition coefficient (Wildman–Crippen LogP) is 1.09. The molecule has 1 fully saturated rings. The maximum atomic E-state index is 12.9. The number of aromatic nitrogens is 2. The third kappa shape index (κ3) is 4.97. The summed E-state index contributed by atoms with van der Waals surface area (Å²) in [6.45, 7) is 4.26. The van der Waals surface area contributed by atoms with E-state index < -0.39 is 23.6 Å². The summed E-state index contributed by atoms with van der Waals surface area (Å²) in [5.74, 6) is 0.933. The maximum absolute atomic E-state index is 12.9. The SMILES string of the molecule is CCOC(=O)C1=CC(=CCn2ccnc2[NH+]2CN=C3C([O-])=NC(=N)N=C32)c2c(cc3c(c2OC)C[C@@H]([C@@](C)(O)C2CCCC2)O3)O1. The summed E-state index contributed by atoms with van der Waals surface area (Å²) < 4.78 is 25.6. The van der Waals surface area contributed by atoms with Crippen LogP contribution in [-0.2, 0) is 22.5 Å². The molecule has 46 heavy (non-hydrogen) atoms. The van der Waals surface area contributed by atoms with Crippen LogP contribution in [0.25, 0.3) is 5.57 Å². The Labute approximate surface area is 264 Å². The molecule has 5 aliphatic rings. The molecule has 1 aliphatic carbocycles. The standard InChI is InChI=1S/C32H35N7O7/c1-4-44-29(41)22-13-17(9-11-38-12-10-34-31(38)39-16-35-25-27(39)36-30(33)37-28(25)40)24-21(45-22)15-20-19(26(24)43-3)14-23(46-20)32(2,42)18-7-5-6-8-18/h9-10,12-13,15,18,23,42H,4-8,11,14,16H2,1-3H3,(H2,33,37,40)/t23-,32-/m0/s1. The van der Waals surface area contributed by atoms with Crippen LogP contribution in [0.1, 0.15) is 50.7 Å². The highest BCUT2D eigenvalue weighted by atomic mass is 16.6. The van der Waals surface area contributed by atoms with Crippen molar-refractivity contribution in [1.29, 1.82) is 5.41 Å². The molecule has 0 amide bonds. The summed E-state index contributed by atoms with van der Waals surface area (Å²) in [6, 6.07) is 1.76. The van der Waals surface area contributed by atoms with E-state index >= 15 is 0 Å². The lowest BCUT2D eigenvalue weighted by atomic mass is 9.81. The molecule has 0 radical (unpaired) electrons. The number of guanidine groups is 1. The molecule has 3 atom stereocenters. The summed E-state index contributed by atoms with van der Waals surface area (Å²) in [4.78, 5) is 30.1. The monoisotopic (exact) mass is 629 g/mol. The van der Waals surface area contributed by atoms with E-state index in [-0.39, 0.29) is 36.6 Å². The number of methoxy groups -OCH3 is 1. The lowest BCUT2D eigenvalue weighted by molar-refractivity contribution is -0.730. The smallest absolute Gasteiger partial charge is 0.374 e. The molecule has 0 spiro atoms. The highest BCUT2D eigenvalue weighted by Gasteiger charge is 2.47. The molecule has 14 heteroatoms. The summed E-state index contributed by atoms with van der Waals surface area (Å²) >= 11 is 0. The minimum Gasteiger partial charge on any atom is -0.857 e. The number of aliphatic hydroxyl groups is 1. The number of carbonyl (C=O) groups is 1. The number of ether oxygens (including phenoxy) is 4. The van der Waals surface area contributed by atoms with Crippen LogP contribution in [0.5, 0.6) is 17.2 Å². The Balaban J connectivity index is 1.24. The van der Waals surface area contributed by atoms with Crippen molar-refractivity contribution in [1.82, 2.24) is 9.55 Å². The summed E-state index contributed by atoms with van der Waals surface area (Å²) in [5.41, 5.74) is 1.25. The van der Waals surface area contributed by atoms with Crippen LogP contribution in [-0.4, -0.2) is 76.1 Å². The van der Waals surface area contributed by atoms with Crippen LogP contribution in [0.2, 0.25) is 0 Å². The van der Waals surface area contributed by atoms with Gasteiger partial charge in [0.2, 0.25) is 11.7 Å². The number of aliphatic imine (C=N–C) groups is 3. The Morgan fingerprint density at radius 2 is 2.11 bits per heavy atom. The van der Waals surface area contributed by atoms with Gasteiger partial charge in [-0.05, 0) is 44.3 Å². The van der Waals surface area contributed by atoms with Crippen molar-refractivity contribution in [2.45, 2.75) is 64.2 Å². The number of amidine groups is 1. The first-order valence-corrected chi connectivity index (χ1v) is 15.5. The van der Waals surface area contributed by atoms with E-state index in [4.69, 9.17) is 24.4 Å². The van der Waals surface area contributed by atoms with Crippen LogP contribution >= 0.6 is 0 Å². The number of hydrogen-bond acceptors (Lipinski definition) is 10. The lowest BCUT2D eigenvalue weighted by Gasteiger charge is -2.35. The number of quaternary nitrogens is 1. The van der Waals surface area contributed by atoms with E-state index in [0.717, 1.165) is 31.2 Å². The molecule has 4 aliphatic heterocycles. The summed E-state index contributed by atoms with van der Waals surface area (Å²) in [6.07, 6.45) is 11.1. The van der Waals surface area contributed by atoms with Gasteiger partial charge in [-0.25, -0.2) is 19.7 Å². The van der Waals surface area contributed by atoms with E-state index in [9.17, 15) is 15.0 Å². The highest BCUT2D eigenvalue weighted by molar-refractivity contribution is 6.66. The fraction of sp³-hybridized carbons (Fsp3) is 0.438. The van der Waals surface area contributed by atoms with E-state index in [1.165, 1.54) is 0 Å². The number of carbonyl (C=O) groups excluding carboxylic acids is 1. The first kappa shape index (κ1) is 29.9. The van der Waals surface area contributed by atoms with Gasteiger partial charge in [0, 0.05) is 36.7 Å². The highest BCUT2D eigenvalue weighted by Crippen LogP contribution is 2.51. The van der Waals surface area contributed by atoms with Gasteiger partial charge in [-0.3, -0.25) is 9.98 Å². The van der Waals surface area contributed by atoms with Crippen molar-refractivity contribution in [3.05, 3.63) is 47.5 Å². The molecule has 0 saturated heterocycles. The number of nitrogens with one attached hydrogen (secondary N) is 2. The molecule has 1 saturated carbocycles. The number of hydrogen-bond donors (Lipinski definition) is 3. The first-order valence-electron chi connectivity index (χ1n) is 15.5. The molecule has 1 unspecified atom stereocenters. The zero-order valence-electron chi connectivity index (χ0n) is 25.8. The largest absolute Gasteiger partial charge is 0.857 e. The van der Waals surface area contributed by atoms with Crippen molar-refractivity contribution in [2.75, 3.05) is 20.4 Å². The zero-order valence-corrected chi connectivity index (χ0v) is 25.8. The van der Waals surface area contributed by atoms with Crippen LogP contribution < -0.4 is 24.2 Å². The van der Waals surface area contributed by atoms with Gasteiger partial charge in [-0.15, -0.1) is 0 Å². The number of benzene rings is 1. The molecule has 1 aromatic carbocycles. The average molecular weight is 630 g/mol. The van der Waals surface area contributed by atoms with E-state index in [1.807, 2.05) is 17.6 Å².